The maximum Gasteiger partial charge on any atom is 0.267 e. The number of imide groups is 1. The highest BCUT2D eigenvalue weighted by Crippen LogP contribution is 2.07. The number of carbonyl (C=O) groups is 4. The molecule has 0 aromatic heterocycles. The molecule has 1 heterocycles. The highest BCUT2D eigenvalue weighted by Gasteiger charge is 2.22. The number of aldehydes is 1. The number of unbranched alkanes of at least 4 members (excludes halogenated alkanes) is 2. The van der Waals surface area contributed by atoms with Gasteiger partial charge in [0.25, 0.3) is 21.9 Å². The molecule has 1 aliphatic heterocycles. The summed E-state index contributed by atoms with van der Waals surface area (Å²) in [5.74, 6) is -2.09. The molecule has 0 aromatic rings. The van der Waals surface area contributed by atoms with E-state index in [1.54, 1.807) is 0 Å². The zero-order valence-corrected chi connectivity index (χ0v) is 13.1. The molecule has 0 radical (unpaired) electrons. The SMILES string of the molecule is O=CC(CS(=O)(=O)O)NC(=O)CCCCCN1C(=O)C=CC1=O. The summed E-state index contributed by atoms with van der Waals surface area (Å²) in [6.45, 7) is 0.270. The quantitative estimate of drug-likeness (QED) is 0.225. The molecular weight excluding hydrogens is 328 g/mol. The van der Waals surface area contributed by atoms with Crippen LogP contribution in [0.15, 0.2) is 12.2 Å². The highest BCUT2D eigenvalue weighted by atomic mass is 32.2. The minimum Gasteiger partial charge on any atom is -0.345 e. The van der Waals surface area contributed by atoms with Crippen LogP contribution in [0.1, 0.15) is 25.7 Å². The van der Waals surface area contributed by atoms with Crippen molar-refractivity contribution in [1.29, 1.82) is 0 Å². The van der Waals surface area contributed by atoms with E-state index < -0.39 is 27.8 Å². The van der Waals surface area contributed by atoms with Crippen molar-refractivity contribution in [3.63, 3.8) is 0 Å². The van der Waals surface area contributed by atoms with Gasteiger partial charge in [-0.15, -0.1) is 0 Å². The first kappa shape index (κ1) is 19.0. The molecule has 2 N–H and O–H groups in total. The third kappa shape index (κ3) is 7.15. The maximum absolute atomic E-state index is 11.5. The smallest absolute Gasteiger partial charge is 0.267 e. The van der Waals surface area contributed by atoms with E-state index >= 15 is 0 Å². The molecule has 1 aliphatic rings. The van der Waals surface area contributed by atoms with Gasteiger partial charge in [-0.1, -0.05) is 6.42 Å². The van der Waals surface area contributed by atoms with E-state index in [2.05, 4.69) is 5.32 Å². The number of rotatable bonds is 10. The molecule has 0 saturated heterocycles. The van der Waals surface area contributed by atoms with Crippen LogP contribution in [0.5, 0.6) is 0 Å². The van der Waals surface area contributed by atoms with Gasteiger partial charge in [-0.25, -0.2) is 0 Å². The minimum absolute atomic E-state index is 0.0654. The van der Waals surface area contributed by atoms with Gasteiger partial charge in [0, 0.05) is 25.1 Å². The van der Waals surface area contributed by atoms with Crippen LogP contribution >= 0.6 is 0 Å². The fourth-order valence-corrected chi connectivity index (χ4v) is 2.62. The Kier molecular flexibility index (Phi) is 7.04. The Hall–Kier alpha value is -2.07. The molecule has 10 heteroatoms. The summed E-state index contributed by atoms with van der Waals surface area (Å²) in [4.78, 5) is 45.8. The Morgan fingerprint density at radius 1 is 1.22 bits per heavy atom. The zero-order chi connectivity index (χ0) is 17.5. The highest BCUT2D eigenvalue weighted by molar-refractivity contribution is 7.85. The minimum atomic E-state index is -4.35. The number of hydrogen-bond acceptors (Lipinski definition) is 6. The number of nitrogens with one attached hydrogen (secondary N) is 1. The number of amides is 3. The topological polar surface area (TPSA) is 138 Å². The van der Waals surface area contributed by atoms with Crippen LogP contribution in [-0.4, -0.2) is 60.2 Å². The summed E-state index contributed by atoms with van der Waals surface area (Å²) in [6.07, 6.45) is 4.27. The molecule has 3 amide bonds. The van der Waals surface area contributed by atoms with Crippen LogP contribution in [-0.2, 0) is 29.3 Å². The van der Waals surface area contributed by atoms with Crippen molar-refractivity contribution >= 4 is 34.1 Å². The fourth-order valence-electron chi connectivity index (χ4n) is 2.00. The monoisotopic (exact) mass is 346 g/mol. The van der Waals surface area contributed by atoms with Crippen LogP contribution in [0, 0.1) is 0 Å². The molecular formula is C13H18N2O7S. The first-order valence-electron chi connectivity index (χ1n) is 6.96. The van der Waals surface area contributed by atoms with Crippen molar-refractivity contribution in [2.75, 3.05) is 12.3 Å². The van der Waals surface area contributed by atoms with Gasteiger partial charge in [0.1, 0.15) is 18.1 Å². The molecule has 0 fully saturated rings. The third-order valence-corrected chi connectivity index (χ3v) is 3.87. The van der Waals surface area contributed by atoms with Crippen molar-refractivity contribution in [3.05, 3.63) is 12.2 Å². The standard InChI is InChI=1S/C13H18N2O7S/c16-8-10(9-23(20,21)22)14-11(17)4-2-1-3-7-15-12(18)5-6-13(15)19/h5-6,8,10H,1-4,7,9H2,(H,14,17)(H,20,21,22). The summed E-state index contributed by atoms with van der Waals surface area (Å²) in [6, 6.07) is -1.29. The van der Waals surface area contributed by atoms with Crippen molar-refractivity contribution in [1.82, 2.24) is 10.2 Å². The van der Waals surface area contributed by atoms with Gasteiger partial charge in [0.2, 0.25) is 5.91 Å². The molecule has 128 valence electrons. The van der Waals surface area contributed by atoms with Gasteiger partial charge in [0.15, 0.2) is 0 Å². The molecule has 0 bridgehead atoms. The molecule has 23 heavy (non-hydrogen) atoms. The first-order chi connectivity index (χ1) is 10.7. The van der Waals surface area contributed by atoms with E-state index in [4.69, 9.17) is 4.55 Å². The number of carbonyl (C=O) groups excluding carboxylic acids is 4. The van der Waals surface area contributed by atoms with Crippen molar-refractivity contribution in [2.24, 2.45) is 0 Å². The van der Waals surface area contributed by atoms with E-state index in [1.807, 2.05) is 0 Å². The lowest BCUT2D eigenvalue weighted by Gasteiger charge is -2.13. The second kappa shape index (κ2) is 8.53. The Labute approximate surface area is 133 Å². The van der Waals surface area contributed by atoms with Crippen LogP contribution in [0.25, 0.3) is 0 Å². The second-order valence-electron chi connectivity index (χ2n) is 5.03. The lowest BCUT2D eigenvalue weighted by Crippen LogP contribution is -2.40. The Morgan fingerprint density at radius 3 is 2.35 bits per heavy atom. The normalized spacial score (nSPS) is 15.8. The molecule has 0 saturated carbocycles. The van der Waals surface area contributed by atoms with Crippen LogP contribution in [0.4, 0.5) is 0 Å². The van der Waals surface area contributed by atoms with Crippen LogP contribution in [0.2, 0.25) is 0 Å². The third-order valence-electron chi connectivity index (χ3n) is 3.09. The lowest BCUT2D eigenvalue weighted by molar-refractivity contribution is -0.137. The Balaban J connectivity index is 2.20. The molecule has 1 rings (SSSR count). The van der Waals surface area contributed by atoms with Gasteiger partial charge in [-0.05, 0) is 12.8 Å². The molecule has 9 nitrogen and oxygen atoms in total. The van der Waals surface area contributed by atoms with Gasteiger partial charge < -0.3 is 10.1 Å². The molecule has 0 aliphatic carbocycles. The predicted octanol–water partition coefficient (Wildman–Crippen LogP) is -0.957. The fraction of sp³-hybridized carbons (Fsp3) is 0.538. The largest absolute Gasteiger partial charge is 0.345 e. The number of hydrogen-bond donors (Lipinski definition) is 2. The van der Waals surface area contributed by atoms with Gasteiger partial charge in [0.05, 0.1) is 0 Å². The Morgan fingerprint density at radius 2 is 1.83 bits per heavy atom. The number of nitrogens with zero attached hydrogens (tertiary/aromatic N) is 1. The maximum atomic E-state index is 11.5. The Bertz CT molecular complexity index is 594. The van der Waals surface area contributed by atoms with Crippen LogP contribution in [0.3, 0.4) is 0 Å². The average molecular weight is 346 g/mol. The van der Waals surface area contributed by atoms with Crippen molar-refractivity contribution < 1.29 is 32.1 Å². The first-order valence-corrected chi connectivity index (χ1v) is 8.57. The average Bonchev–Trinajstić information content (AvgIpc) is 2.76. The summed E-state index contributed by atoms with van der Waals surface area (Å²) >= 11 is 0. The summed E-state index contributed by atoms with van der Waals surface area (Å²) in [5.41, 5.74) is 0. The van der Waals surface area contributed by atoms with Crippen molar-refractivity contribution in [3.8, 4) is 0 Å². The van der Waals surface area contributed by atoms with Crippen LogP contribution < -0.4 is 5.32 Å². The van der Waals surface area contributed by atoms with E-state index in [0.29, 0.717) is 19.3 Å². The van der Waals surface area contributed by atoms with Gasteiger partial charge in [-0.3, -0.25) is 23.8 Å². The lowest BCUT2D eigenvalue weighted by atomic mass is 10.1. The molecule has 0 aromatic carbocycles. The molecule has 0 spiro atoms. The van der Waals surface area contributed by atoms with E-state index in [9.17, 15) is 27.6 Å². The van der Waals surface area contributed by atoms with E-state index in [0.717, 1.165) is 4.90 Å². The summed E-state index contributed by atoms with van der Waals surface area (Å²) in [7, 11) is -4.35. The zero-order valence-electron chi connectivity index (χ0n) is 12.3. The summed E-state index contributed by atoms with van der Waals surface area (Å²) in [5, 5.41) is 2.19. The van der Waals surface area contributed by atoms with E-state index in [1.165, 1.54) is 12.2 Å². The molecule has 1 atom stereocenters. The molecule has 1 unspecified atom stereocenters. The summed E-state index contributed by atoms with van der Waals surface area (Å²) < 4.78 is 29.9. The second-order valence-corrected chi connectivity index (χ2v) is 6.53. The van der Waals surface area contributed by atoms with Gasteiger partial charge in [-0.2, -0.15) is 8.42 Å². The van der Waals surface area contributed by atoms with Crippen molar-refractivity contribution in [2.45, 2.75) is 31.7 Å². The predicted molar refractivity (Wildman–Crippen MR) is 78.7 cm³/mol. The van der Waals surface area contributed by atoms with E-state index in [-0.39, 0.29) is 31.1 Å². The van der Waals surface area contributed by atoms with Gasteiger partial charge >= 0.3 is 0 Å².